The van der Waals surface area contributed by atoms with Gasteiger partial charge in [-0.25, -0.2) is 4.79 Å². The number of urea groups is 1. The number of carbonyl (C=O) groups is 1. The predicted octanol–water partition coefficient (Wildman–Crippen LogP) is -1.73. The first-order chi connectivity index (χ1) is 4.88. The number of amides is 2. The molecule has 0 atom stereocenters. The topological polar surface area (TPSA) is 188 Å². The third-order valence-electron chi connectivity index (χ3n) is 0. The predicted molar refractivity (Wildman–Crippen MR) is 44.8 cm³/mol. The molecular weight excluding hydrogens is 244 g/mol. The van der Waals surface area contributed by atoms with Crippen molar-refractivity contribution >= 4 is 81.5 Å². The zero-order valence-electron chi connectivity index (χ0n) is 6.41. The molecule has 2 amide bonds. The summed E-state index contributed by atoms with van der Waals surface area (Å²) >= 11 is 0. The van der Waals surface area contributed by atoms with Gasteiger partial charge >= 0.3 is 81.5 Å². The molecule has 10 nitrogen and oxygen atoms in total. The Morgan fingerprint density at radius 2 is 1.23 bits per heavy atom. The molecule has 0 aliphatic carbocycles. The molecule has 4 N–H and O–H groups in total. The second-order valence-corrected chi connectivity index (χ2v) is 0.701. The summed E-state index contributed by atoms with van der Waals surface area (Å²) in [6.07, 6.45) is 0. The summed E-state index contributed by atoms with van der Waals surface area (Å²) < 4.78 is 0. The largest absolute Gasteiger partial charge is 2.00 e. The minimum Gasteiger partial charge on any atom is -0.444 e. The van der Waals surface area contributed by atoms with Crippen molar-refractivity contribution in [2.45, 2.75) is 0 Å². The van der Waals surface area contributed by atoms with Crippen LogP contribution in [0.25, 0.3) is 0 Å². The fourth-order valence-corrected chi connectivity index (χ4v) is 0. The van der Waals surface area contributed by atoms with Crippen LogP contribution in [0.1, 0.15) is 0 Å². The van der Waals surface area contributed by atoms with Gasteiger partial charge in [-0.1, -0.05) is 0 Å². The summed E-state index contributed by atoms with van der Waals surface area (Å²) in [6.45, 7) is 0. The van der Waals surface area contributed by atoms with Crippen LogP contribution in [-0.4, -0.2) is 86.6 Å². The van der Waals surface area contributed by atoms with Crippen LogP contribution in [0.5, 0.6) is 0 Å². The van der Waals surface area contributed by atoms with Crippen molar-refractivity contribution in [2.75, 3.05) is 0 Å². The van der Waals surface area contributed by atoms with E-state index >= 15 is 0 Å². The number of hydrogen-bond acceptors (Lipinski definition) is 7. The van der Waals surface area contributed by atoms with E-state index < -0.39 is 11.1 Å². The zero-order chi connectivity index (χ0) is 9.86. The SMILES string of the molecule is NC(N)=O.O=N[O-].O=[N+]([O-])[O-].[Ca+2].[Ca+2]. The van der Waals surface area contributed by atoms with E-state index in [1.807, 2.05) is 0 Å². The van der Waals surface area contributed by atoms with Gasteiger partial charge in [-0.15, -0.1) is 5.34 Å². The standard InChI is InChI=1S/CH4N2O.2Ca.NO3.HNO2/c2-1(3)4;;;2-1(3)4;2-1-3/h(H4,2,3,4);;;;(H,2,3)/q;2*+2;-1;/p-1. The van der Waals surface area contributed by atoms with E-state index in [0.717, 1.165) is 5.34 Å². The molecule has 0 aromatic rings. The summed E-state index contributed by atoms with van der Waals surface area (Å²) in [4.78, 5) is 25.2. The van der Waals surface area contributed by atoms with E-state index in [2.05, 4.69) is 11.5 Å². The molecule has 0 aliphatic rings. The molecule has 0 aliphatic heterocycles. The van der Waals surface area contributed by atoms with Gasteiger partial charge in [-0.2, -0.15) is 0 Å². The monoisotopic (exact) mass is 248 g/mol. The average molecular weight is 248 g/mol. The molecule has 0 bridgehead atoms. The normalized spacial score (nSPS) is 4.62. The maximum absolute atomic E-state index is 9.00. The van der Waals surface area contributed by atoms with Crippen LogP contribution in [-0.2, 0) is 0 Å². The molecule has 66 valence electrons. The van der Waals surface area contributed by atoms with Gasteiger partial charge in [0.1, 0.15) is 0 Å². The fourth-order valence-electron chi connectivity index (χ4n) is 0. The Kier molecular flexibility index (Phi) is 66.1. The van der Waals surface area contributed by atoms with Crippen LogP contribution in [0.4, 0.5) is 4.79 Å². The number of rotatable bonds is 0. The second kappa shape index (κ2) is 29.4. The van der Waals surface area contributed by atoms with Gasteiger partial charge in [-0.05, 0) is 0 Å². The van der Waals surface area contributed by atoms with Crippen molar-refractivity contribution in [1.82, 2.24) is 0 Å². The maximum atomic E-state index is 9.00. The number of nitrogens with two attached hydrogens (primary N) is 2. The third-order valence-corrected chi connectivity index (χ3v) is 0. The summed E-state index contributed by atoms with van der Waals surface area (Å²) in [5, 5.41) is 23.8. The first-order valence-corrected chi connectivity index (χ1v) is 1.69. The van der Waals surface area contributed by atoms with Crippen molar-refractivity contribution in [2.24, 2.45) is 16.8 Å². The molecule has 0 saturated carbocycles. The fraction of sp³-hybridized carbons (Fsp3) is 0. The molecule has 12 heteroatoms. The van der Waals surface area contributed by atoms with Crippen LogP contribution < -0.4 is 11.5 Å². The van der Waals surface area contributed by atoms with E-state index in [4.69, 9.17) is 30.2 Å². The molecule has 0 radical (unpaired) electrons. The summed E-state index contributed by atoms with van der Waals surface area (Å²) in [5.74, 6) is 0. The van der Waals surface area contributed by atoms with Gasteiger partial charge in [0, 0.05) is 0 Å². The van der Waals surface area contributed by atoms with Gasteiger partial charge in [0.25, 0.3) is 0 Å². The minimum atomic E-state index is -1.75. The molecule has 0 unspecified atom stereocenters. The van der Waals surface area contributed by atoms with E-state index in [1.165, 1.54) is 0 Å². The van der Waals surface area contributed by atoms with Crippen molar-refractivity contribution in [3.05, 3.63) is 25.4 Å². The molecular formula is CH4Ca2N4O6+2. The minimum absolute atomic E-state index is 0. The first kappa shape index (κ1) is 29.2. The summed E-state index contributed by atoms with van der Waals surface area (Å²) in [6, 6.07) is -0.833. The van der Waals surface area contributed by atoms with Gasteiger partial charge in [-0.3, -0.25) is 0 Å². The van der Waals surface area contributed by atoms with Gasteiger partial charge < -0.3 is 36.9 Å². The Hall–Kier alpha value is 0.389. The van der Waals surface area contributed by atoms with Crippen LogP contribution >= 0.6 is 0 Å². The zero-order valence-corrected chi connectivity index (χ0v) is 10.8. The second-order valence-electron chi connectivity index (χ2n) is 0.701. The van der Waals surface area contributed by atoms with E-state index in [1.54, 1.807) is 0 Å². The summed E-state index contributed by atoms with van der Waals surface area (Å²) in [7, 11) is 0. The van der Waals surface area contributed by atoms with Crippen LogP contribution in [0, 0.1) is 25.4 Å². The quantitative estimate of drug-likeness (QED) is 0.221. The number of hydrogen-bond donors (Lipinski definition) is 2. The van der Waals surface area contributed by atoms with Gasteiger partial charge in [0.2, 0.25) is 0 Å². The van der Waals surface area contributed by atoms with Crippen LogP contribution in [0.2, 0.25) is 0 Å². The number of nitrogens with zero attached hydrogens (tertiary/aromatic N) is 2. The molecule has 0 aromatic carbocycles. The van der Waals surface area contributed by atoms with Crippen LogP contribution in [0.15, 0.2) is 5.34 Å². The summed E-state index contributed by atoms with van der Waals surface area (Å²) in [5.41, 5.74) is 8.50. The van der Waals surface area contributed by atoms with E-state index in [-0.39, 0.29) is 75.5 Å². The molecule has 0 aromatic heterocycles. The Morgan fingerprint density at radius 3 is 1.23 bits per heavy atom. The molecule has 0 saturated heterocycles. The molecule has 0 rings (SSSR count). The van der Waals surface area contributed by atoms with Gasteiger partial charge in [0.15, 0.2) is 0 Å². The number of primary amides is 2. The Bertz CT molecular complexity index is 110. The number of carbonyl (C=O) groups excluding carboxylic acids is 1. The van der Waals surface area contributed by atoms with E-state index in [0.29, 0.717) is 0 Å². The van der Waals surface area contributed by atoms with Crippen molar-refractivity contribution in [3.63, 3.8) is 0 Å². The van der Waals surface area contributed by atoms with Crippen molar-refractivity contribution < 1.29 is 9.88 Å². The molecule has 0 fully saturated rings. The Labute approximate surface area is 132 Å². The van der Waals surface area contributed by atoms with Gasteiger partial charge in [0.05, 0.1) is 5.09 Å². The van der Waals surface area contributed by atoms with Crippen molar-refractivity contribution in [3.8, 4) is 0 Å². The average Bonchev–Trinajstić information content (AvgIpc) is 1.60. The van der Waals surface area contributed by atoms with E-state index in [9.17, 15) is 0 Å². The third kappa shape index (κ3) is 8820. The smallest absolute Gasteiger partial charge is 0.444 e. The van der Waals surface area contributed by atoms with Crippen LogP contribution in [0.3, 0.4) is 0 Å². The molecule has 0 heterocycles. The molecule has 13 heavy (non-hydrogen) atoms. The maximum Gasteiger partial charge on any atom is 2.00 e. The Morgan fingerprint density at radius 1 is 1.23 bits per heavy atom. The Balaban J connectivity index is -0.0000000231. The first-order valence-electron chi connectivity index (χ1n) is 1.69. The molecule has 0 spiro atoms. The van der Waals surface area contributed by atoms with Crippen molar-refractivity contribution in [1.29, 1.82) is 0 Å².